The van der Waals surface area contributed by atoms with Gasteiger partial charge in [-0.05, 0) is 23.6 Å². The zero-order valence-corrected chi connectivity index (χ0v) is 9.43. The summed E-state index contributed by atoms with van der Waals surface area (Å²) in [6.07, 6.45) is 2.93. The highest BCUT2D eigenvalue weighted by molar-refractivity contribution is 5.82. The van der Waals surface area contributed by atoms with E-state index < -0.39 is 0 Å². The number of hydrogen-bond donors (Lipinski definition) is 0. The lowest BCUT2D eigenvalue weighted by atomic mass is 10.1. The number of para-hydroxylation sites is 1. The zero-order chi connectivity index (χ0) is 11.2. The summed E-state index contributed by atoms with van der Waals surface area (Å²) in [4.78, 5) is 4.52. The Morgan fingerprint density at radius 3 is 2.38 bits per heavy atom. The van der Waals surface area contributed by atoms with Crippen LogP contribution in [0.5, 0.6) is 0 Å². The standard InChI is InChI=1S/C15H15N/c1-2-14-10-6-7-11-15(14)16-12-13-8-4-3-5-9-13/h3-12H,2H2,1H3/b16-12+. The maximum absolute atomic E-state index is 4.52. The highest BCUT2D eigenvalue weighted by Crippen LogP contribution is 2.18. The van der Waals surface area contributed by atoms with E-state index in [2.05, 4.69) is 42.2 Å². The quantitative estimate of drug-likeness (QED) is 0.677. The number of aryl methyl sites for hydroxylation is 1. The lowest BCUT2D eigenvalue weighted by Crippen LogP contribution is -1.82. The topological polar surface area (TPSA) is 12.4 Å². The van der Waals surface area contributed by atoms with Crippen LogP contribution in [-0.4, -0.2) is 6.21 Å². The van der Waals surface area contributed by atoms with Crippen LogP contribution in [-0.2, 0) is 6.42 Å². The highest BCUT2D eigenvalue weighted by atomic mass is 14.7. The molecule has 1 heteroatoms. The first kappa shape index (κ1) is 10.6. The summed E-state index contributed by atoms with van der Waals surface area (Å²) in [5.41, 5.74) is 3.48. The second kappa shape index (κ2) is 5.26. The lowest BCUT2D eigenvalue weighted by molar-refractivity contribution is 1.13. The minimum atomic E-state index is 1.02. The van der Waals surface area contributed by atoms with Gasteiger partial charge in [-0.2, -0.15) is 0 Å². The van der Waals surface area contributed by atoms with Crippen molar-refractivity contribution in [2.24, 2.45) is 4.99 Å². The Kier molecular flexibility index (Phi) is 3.50. The first-order chi connectivity index (χ1) is 7.90. The Morgan fingerprint density at radius 2 is 1.62 bits per heavy atom. The zero-order valence-electron chi connectivity index (χ0n) is 9.43. The van der Waals surface area contributed by atoms with Gasteiger partial charge in [-0.3, -0.25) is 4.99 Å². The molecule has 0 aliphatic rings. The molecule has 0 aliphatic heterocycles. The number of benzene rings is 2. The average molecular weight is 209 g/mol. The Balaban J connectivity index is 2.24. The molecule has 0 aromatic heterocycles. The lowest BCUT2D eigenvalue weighted by Gasteiger charge is -2.01. The SMILES string of the molecule is CCc1ccccc1/N=C/c1ccccc1. The molecule has 0 unspecified atom stereocenters. The minimum absolute atomic E-state index is 1.02. The molecule has 2 rings (SSSR count). The fourth-order valence-electron chi connectivity index (χ4n) is 1.62. The maximum Gasteiger partial charge on any atom is 0.0661 e. The van der Waals surface area contributed by atoms with Crippen LogP contribution < -0.4 is 0 Å². The molecule has 0 radical (unpaired) electrons. The number of aliphatic imine (C=N–C) groups is 1. The number of rotatable bonds is 3. The molecule has 0 aliphatic carbocycles. The molecule has 80 valence electrons. The van der Waals surface area contributed by atoms with Gasteiger partial charge in [0, 0.05) is 6.21 Å². The molecule has 0 fully saturated rings. The first-order valence-corrected chi connectivity index (χ1v) is 5.57. The van der Waals surface area contributed by atoms with Crippen LogP contribution >= 0.6 is 0 Å². The van der Waals surface area contributed by atoms with Gasteiger partial charge in [-0.15, -0.1) is 0 Å². The fourth-order valence-corrected chi connectivity index (χ4v) is 1.62. The van der Waals surface area contributed by atoms with Gasteiger partial charge < -0.3 is 0 Å². The van der Waals surface area contributed by atoms with E-state index in [0.717, 1.165) is 17.7 Å². The van der Waals surface area contributed by atoms with E-state index in [4.69, 9.17) is 0 Å². The summed E-state index contributed by atoms with van der Waals surface area (Å²) in [5.74, 6) is 0. The molecule has 16 heavy (non-hydrogen) atoms. The Hall–Kier alpha value is -1.89. The monoisotopic (exact) mass is 209 g/mol. The predicted octanol–water partition coefficient (Wildman–Crippen LogP) is 4.00. The maximum atomic E-state index is 4.52. The molecule has 0 N–H and O–H groups in total. The van der Waals surface area contributed by atoms with Crippen LogP contribution in [0.15, 0.2) is 59.6 Å². The van der Waals surface area contributed by atoms with Crippen molar-refractivity contribution < 1.29 is 0 Å². The molecule has 2 aromatic rings. The van der Waals surface area contributed by atoms with Gasteiger partial charge >= 0.3 is 0 Å². The van der Waals surface area contributed by atoms with Crippen LogP contribution in [0, 0.1) is 0 Å². The Bertz CT molecular complexity index is 472. The summed E-state index contributed by atoms with van der Waals surface area (Å²) in [7, 11) is 0. The third-order valence-corrected chi connectivity index (χ3v) is 2.52. The van der Waals surface area contributed by atoms with E-state index in [1.54, 1.807) is 0 Å². The third-order valence-electron chi connectivity index (χ3n) is 2.52. The largest absolute Gasteiger partial charge is 0.256 e. The second-order valence-corrected chi connectivity index (χ2v) is 3.65. The Morgan fingerprint density at radius 1 is 0.938 bits per heavy atom. The van der Waals surface area contributed by atoms with Crippen LogP contribution in [0.2, 0.25) is 0 Å². The van der Waals surface area contributed by atoms with Crippen LogP contribution in [0.25, 0.3) is 0 Å². The van der Waals surface area contributed by atoms with Crippen molar-refractivity contribution in [3.05, 3.63) is 65.7 Å². The van der Waals surface area contributed by atoms with E-state index in [1.807, 2.05) is 30.5 Å². The molecule has 0 saturated carbocycles. The van der Waals surface area contributed by atoms with E-state index in [0.29, 0.717) is 0 Å². The van der Waals surface area contributed by atoms with E-state index >= 15 is 0 Å². The molecular weight excluding hydrogens is 194 g/mol. The molecule has 0 heterocycles. The molecule has 0 amide bonds. The van der Waals surface area contributed by atoms with Crippen molar-refractivity contribution in [1.29, 1.82) is 0 Å². The van der Waals surface area contributed by atoms with E-state index in [1.165, 1.54) is 5.56 Å². The van der Waals surface area contributed by atoms with E-state index in [-0.39, 0.29) is 0 Å². The summed E-state index contributed by atoms with van der Waals surface area (Å²) in [6.45, 7) is 2.15. The smallest absolute Gasteiger partial charge is 0.0661 e. The van der Waals surface area contributed by atoms with Gasteiger partial charge in [0.05, 0.1) is 5.69 Å². The highest BCUT2D eigenvalue weighted by Gasteiger charge is 1.95. The van der Waals surface area contributed by atoms with Crippen molar-refractivity contribution in [1.82, 2.24) is 0 Å². The van der Waals surface area contributed by atoms with Crippen LogP contribution in [0.1, 0.15) is 18.1 Å². The molecule has 1 nitrogen and oxygen atoms in total. The summed E-state index contributed by atoms with van der Waals surface area (Å²) < 4.78 is 0. The number of hydrogen-bond acceptors (Lipinski definition) is 1. The fraction of sp³-hybridized carbons (Fsp3) is 0.133. The molecule has 0 saturated heterocycles. The van der Waals surface area contributed by atoms with Crippen molar-refractivity contribution in [2.45, 2.75) is 13.3 Å². The van der Waals surface area contributed by atoms with Gasteiger partial charge in [0.1, 0.15) is 0 Å². The average Bonchev–Trinajstić information content (AvgIpc) is 2.38. The van der Waals surface area contributed by atoms with Crippen molar-refractivity contribution in [3.63, 3.8) is 0 Å². The van der Waals surface area contributed by atoms with Crippen molar-refractivity contribution in [3.8, 4) is 0 Å². The first-order valence-electron chi connectivity index (χ1n) is 5.57. The van der Waals surface area contributed by atoms with Crippen molar-refractivity contribution in [2.75, 3.05) is 0 Å². The normalized spacial score (nSPS) is 10.8. The second-order valence-electron chi connectivity index (χ2n) is 3.65. The van der Waals surface area contributed by atoms with Crippen LogP contribution in [0.4, 0.5) is 5.69 Å². The summed E-state index contributed by atoms with van der Waals surface area (Å²) in [6, 6.07) is 18.4. The van der Waals surface area contributed by atoms with Gasteiger partial charge in [0.2, 0.25) is 0 Å². The molecular formula is C15H15N. The van der Waals surface area contributed by atoms with Gasteiger partial charge in [0.15, 0.2) is 0 Å². The van der Waals surface area contributed by atoms with Gasteiger partial charge in [-0.1, -0.05) is 55.5 Å². The molecule has 0 bridgehead atoms. The summed E-state index contributed by atoms with van der Waals surface area (Å²) >= 11 is 0. The van der Waals surface area contributed by atoms with Gasteiger partial charge in [-0.25, -0.2) is 0 Å². The number of nitrogens with zero attached hydrogens (tertiary/aromatic N) is 1. The van der Waals surface area contributed by atoms with E-state index in [9.17, 15) is 0 Å². The van der Waals surface area contributed by atoms with Crippen LogP contribution in [0.3, 0.4) is 0 Å². The summed E-state index contributed by atoms with van der Waals surface area (Å²) in [5, 5.41) is 0. The predicted molar refractivity (Wildman–Crippen MR) is 69.5 cm³/mol. The molecule has 0 atom stereocenters. The molecule has 0 spiro atoms. The minimum Gasteiger partial charge on any atom is -0.256 e. The van der Waals surface area contributed by atoms with Crippen molar-refractivity contribution >= 4 is 11.9 Å². The third kappa shape index (κ3) is 2.57. The molecule has 2 aromatic carbocycles. The Labute approximate surface area is 96.5 Å². The van der Waals surface area contributed by atoms with Gasteiger partial charge in [0.25, 0.3) is 0 Å².